The Labute approximate surface area is 171 Å². The van der Waals surface area contributed by atoms with Crippen molar-refractivity contribution in [2.75, 3.05) is 32.4 Å². The number of benzene rings is 1. The number of hydrogen-bond donors (Lipinski definition) is 2. The number of aliphatic imine (C=N–C) groups is 1. The molecule has 5 nitrogen and oxygen atoms in total. The summed E-state index contributed by atoms with van der Waals surface area (Å²) in [5, 5.41) is 6.77. The molecule has 0 spiro atoms. The highest BCUT2D eigenvalue weighted by Crippen LogP contribution is 2.26. The average molecular weight is 407 g/mol. The Kier molecular flexibility index (Phi) is 8.01. The highest BCUT2D eigenvalue weighted by molar-refractivity contribution is 7.99. The van der Waals surface area contributed by atoms with Gasteiger partial charge in [0.25, 0.3) is 0 Å². The summed E-state index contributed by atoms with van der Waals surface area (Å²) in [5.74, 6) is 2.02. The summed E-state index contributed by atoms with van der Waals surface area (Å²) in [5.41, 5.74) is 0. The Morgan fingerprint density at radius 2 is 1.96 bits per heavy atom. The van der Waals surface area contributed by atoms with Gasteiger partial charge in [0.2, 0.25) is 5.91 Å². The maximum Gasteiger partial charge on any atom is 0.225 e. The van der Waals surface area contributed by atoms with Gasteiger partial charge >= 0.3 is 0 Å². The first-order valence-electron chi connectivity index (χ1n) is 10.3. The molecule has 1 heterocycles. The SMILES string of the molecule is CN=C(NCCSc1ccc(F)cc1)NC1CCN(C(=O)C2CCCCC2)C1. The number of carbonyl (C=O) groups excluding carboxylic acids is 1. The van der Waals surface area contributed by atoms with Crippen LogP contribution < -0.4 is 10.6 Å². The van der Waals surface area contributed by atoms with Gasteiger partial charge in [0.05, 0.1) is 0 Å². The molecular formula is C21H31FN4OS. The second-order valence-electron chi connectivity index (χ2n) is 7.55. The molecule has 7 heteroatoms. The van der Waals surface area contributed by atoms with Crippen molar-refractivity contribution in [2.45, 2.75) is 49.5 Å². The molecule has 1 aromatic rings. The third-order valence-corrected chi connectivity index (χ3v) is 6.51. The normalized spacial score (nSPS) is 21.0. The smallest absolute Gasteiger partial charge is 0.225 e. The van der Waals surface area contributed by atoms with Crippen molar-refractivity contribution < 1.29 is 9.18 Å². The summed E-state index contributed by atoms with van der Waals surface area (Å²) in [7, 11) is 1.77. The van der Waals surface area contributed by atoms with E-state index >= 15 is 0 Å². The second kappa shape index (κ2) is 10.7. The lowest BCUT2D eigenvalue weighted by Crippen LogP contribution is -2.46. The molecule has 154 valence electrons. The van der Waals surface area contributed by atoms with E-state index in [4.69, 9.17) is 0 Å². The fourth-order valence-electron chi connectivity index (χ4n) is 3.94. The van der Waals surface area contributed by atoms with Crippen LogP contribution in [0.25, 0.3) is 0 Å². The maximum atomic E-state index is 12.9. The molecule has 1 amide bonds. The van der Waals surface area contributed by atoms with Crippen LogP contribution in [0, 0.1) is 11.7 Å². The van der Waals surface area contributed by atoms with Gasteiger partial charge in [0.15, 0.2) is 5.96 Å². The van der Waals surface area contributed by atoms with Crippen molar-refractivity contribution in [1.29, 1.82) is 0 Å². The monoisotopic (exact) mass is 406 g/mol. The van der Waals surface area contributed by atoms with Crippen LogP contribution in [0.15, 0.2) is 34.2 Å². The summed E-state index contributed by atoms with van der Waals surface area (Å²) in [4.78, 5) is 20.1. The molecule has 2 fully saturated rings. The summed E-state index contributed by atoms with van der Waals surface area (Å²) >= 11 is 1.68. The van der Waals surface area contributed by atoms with E-state index in [-0.39, 0.29) is 17.8 Å². The molecule has 1 saturated carbocycles. The Balaban J connectivity index is 1.36. The largest absolute Gasteiger partial charge is 0.356 e. The number of guanidine groups is 1. The van der Waals surface area contributed by atoms with Gasteiger partial charge in [-0.3, -0.25) is 9.79 Å². The van der Waals surface area contributed by atoms with Crippen LogP contribution in [0.4, 0.5) is 4.39 Å². The number of likely N-dealkylation sites (tertiary alicyclic amines) is 1. The fourth-order valence-corrected chi connectivity index (χ4v) is 4.71. The first-order valence-corrected chi connectivity index (χ1v) is 11.3. The zero-order valence-electron chi connectivity index (χ0n) is 16.6. The number of hydrogen-bond acceptors (Lipinski definition) is 3. The van der Waals surface area contributed by atoms with Gasteiger partial charge in [-0.05, 0) is 43.5 Å². The van der Waals surface area contributed by atoms with Crippen LogP contribution in [-0.2, 0) is 4.79 Å². The van der Waals surface area contributed by atoms with Crippen molar-refractivity contribution in [3.05, 3.63) is 30.1 Å². The lowest BCUT2D eigenvalue weighted by atomic mass is 9.88. The third-order valence-electron chi connectivity index (χ3n) is 5.50. The van der Waals surface area contributed by atoms with Crippen LogP contribution in [0.5, 0.6) is 0 Å². The number of amides is 1. The number of halogens is 1. The Hall–Kier alpha value is -1.76. The van der Waals surface area contributed by atoms with Crippen LogP contribution >= 0.6 is 11.8 Å². The number of nitrogens with one attached hydrogen (secondary N) is 2. The van der Waals surface area contributed by atoms with Crippen molar-refractivity contribution in [3.63, 3.8) is 0 Å². The molecule has 1 aliphatic carbocycles. The minimum absolute atomic E-state index is 0.209. The van der Waals surface area contributed by atoms with Gasteiger partial charge in [-0.25, -0.2) is 4.39 Å². The van der Waals surface area contributed by atoms with Crippen LogP contribution in [-0.4, -0.2) is 55.2 Å². The molecule has 0 radical (unpaired) electrons. The van der Waals surface area contributed by atoms with Gasteiger partial charge in [0.1, 0.15) is 5.82 Å². The van der Waals surface area contributed by atoms with E-state index in [9.17, 15) is 9.18 Å². The minimum atomic E-state index is -0.209. The van der Waals surface area contributed by atoms with Crippen LogP contribution in [0.1, 0.15) is 38.5 Å². The fraction of sp³-hybridized carbons (Fsp3) is 0.619. The molecule has 2 N–H and O–H groups in total. The molecule has 0 bridgehead atoms. The Bertz CT molecular complexity index is 661. The highest BCUT2D eigenvalue weighted by Gasteiger charge is 2.31. The molecule has 2 aliphatic rings. The summed E-state index contributed by atoms with van der Waals surface area (Å²) in [6, 6.07) is 6.81. The molecule has 1 aromatic carbocycles. The van der Waals surface area contributed by atoms with E-state index in [0.717, 1.165) is 55.5 Å². The summed E-state index contributed by atoms with van der Waals surface area (Å²) in [6.07, 6.45) is 6.74. The van der Waals surface area contributed by atoms with Crippen molar-refractivity contribution >= 4 is 23.6 Å². The zero-order chi connectivity index (χ0) is 19.8. The highest BCUT2D eigenvalue weighted by atomic mass is 32.2. The maximum absolute atomic E-state index is 12.9. The lowest BCUT2D eigenvalue weighted by Gasteiger charge is -2.26. The predicted molar refractivity (Wildman–Crippen MR) is 113 cm³/mol. The van der Waals surface area contributed by atoms with Gasteiger partial charge in [-0.15, -0.1) is 11.8 Å². The van der Waals surface area contributed by atoms with E-state index in [1.165, 1.54) is 31.4 Å². The van der Waals surface area contributed by atoms with Gasteiger partial charge < -0.3 is 15.5 Å². The molecule has 1 saturated heterocycles. The second-order valence-corrected chi connectivity index (χ2v) is 8.72. The number of nitrogens with zero attached hydrogens (tertiary/aromatic N) is 2. The molecule has 1 atom stereocenters. The van der Waals surface area contributed by atoms with Gasteiger partial charge in [0, 0.05) is 49.3 Å². The Morgan fingerprint density at radius 1 is 1.21 bits per heavy atom. The third kappa shape index (κ3) is 6.12. The van der Waals surface area contributed by atoms with E-state index in [1.54, 1.807) is 30.9 Å². The van der Waals surface area contributed by atoms with E-state index in [0.29, 0.717) is 5.91 Å². The number of carbonyl (C=O) groups is 1. The molecule has 1 unspecified atom stereocenters. The zero-order valence-corrected chi connectivity index (χ0v) is 17.4. The minimum Gasteiger partial charge on any atom is -0.356 e. The quantitative estimate of drug-likeness (QED) is 0.330. The number of rotatable bonds is 6. The molecule has 3 rings (SSSR count). The predicted octanol–water partition coefficient (Wildman–Crippen LogP) is 3.26. The van der Waals surface area contributed by atoms with E-state index < -0.39 is 0 Å². The van der Waals surface area contributed by atoms with Crippen molar-refractivity contribution in [1.82, 2.24) is 15.5 Å². The molecule has 28 heavy (non-hydrogen) atoms. The van der Waals surface area contributed by atoms with Gasteiger partial charge in [-0.1, -0.05) is 19.3 Å². The van der Waals surface area contributed by atoms with Crippen molar-refractivity contribution in [3.8, 4) is 0 Å². The van der Waals surface area contributed by atoms with E-state index in [1.807, 2.05) is 4.90 Å². The van der Waals surface area contributed by atoms with Crippen LogP contribution in [0.3, 0.4) is 0 Å². The van der Waals surface area contributed by atoms with Crippen LogP contribution in [0.2, 0.25) is 0 Å². The molecule has 1 aliphatic heterocycles. The number of thioether (sulfide) groups is 1. The Morgan fingerprint density at radius 3 is 2.68 bits per heavy atom. The molecule has 0 aromatic heterocycles. The van der Waals surface area contributed by atoms with Crippen molar-refractivity contribution in [2.24, 2.45) is 10.9 Å². The summed E-state index contributed by atoms with van der Waals surface area (Å²) in [6.45, 7) is 2.37. The molecular weight excluding hydrogens is 375 g/mol. The van der Waals surface area contributed by atoms with E-state index in [2.05, 4.69) is 15.6 Å². The lowest BCUT2D eigenvalue weighted by molar-refractivity contribution is -0.135. The first-order chi connectivity index (χ1) is 13.7. The first kappa shape index (κ1) is 21.0. The van der Waals surface area contributed by atoms with Gasteiger partial charge in [-0.2, -0.15) is 0 Å². The standard InChI is InChI=1S/C21H31FN4OS/c1-23-21(24-12-14-28-19-9-7-17(22)8-10-19)25-18-11-13-26(15-18)20(27)16-5-3-2-4-6-16/h7-10,16,18H,2-6,11-15H2,1H3,(H2,23,24,25). The summed E-state index contributed by atoms with van der Waals surface area (Å²) < 4.78 is 12.9. The average Bonchev–Trinajstić information content (AvgIpc) is 3.20. The topological polar surface area (TPSA) is 56.7 Å².